The molecule has 0 radical (unpaired) electrons. The number of rotatable bonds is 4. The molecule has 6 heteroatoms. The van der Waals surface area contributed by atoms with Crippen molar-refractivity contribution < 1.29 is 4.52 Å². The molecule has 2 aromatic rings. The molecule has 0 aliphatic heterocycles. The Morgan fingerprint density at radius 3 is 3.12 bits per heavy atom. The lowest BCUT2D eigenvalue weighted by Gasteiger charge is -1.95. The first-order chi connectivity index (χ1) is 7.83. The molecule has 0 aromatic carbocycles. The fraction of sp³-hybridized carbons (Fsp3) is 0.500. The lowest BCUT2D eigenvalue weighted by atomic mass is 10.4. The van der Waals surface area contributed by atoms with Crippen molar-refractivity contribution in [1.29, 1.82) is 0 Å². The molecule has 0 unspecified atom stereocenters. The average molecular weight is 219 g/mol. The van der Waals surface area contributed by atoms with Crippen molar-refractivity contribution in [3.8, 4) is 11.5 Å². The van der Waals surface area contributed by atoms with Crippen molar-refractivity contribution >= 4 is 0 Å². The maximum absolute atomic E-state index is 5.16. The first-order valence-corrected chi connectivity index (χ1v) is 5.35. The Morgan fingerprint density at radius 2 is 2.44 bits per heavy atom. The Labute approximate surface area is 92.7 Å². The number of aryl methyl sites for hydroxylation is 1. The van der Waals surface area contributed by atoms with E-state index in [1.54, 1.807) is 12.5 Å². The van der Waals surface area contributed by atoms with Crippen LogP contribution in [-0.4, -0.2) is 25.7 Å². The first kappa shape index (κ1) is 9.53. The number of nitrogens with one attached hydrogen (secondary N) is 1. The molecule has 84 valence electrons. The van der Waals surface area contributed by atoms with E-state index >= 15 is 0 Å². The number of nitrogens with zero attached hydrogens (tertiary/aromatic N) is 4. The van der Waals surface area contributed by atoms with E-state index in [0.717, 1.165) is 5.69 Å². The predicted molar refractivity (Wildman–Crippen MR) is 56.4 cm³/mol. The molecule has 1 fully saturated rings. The maximum atomic E-state index is 5.16. The van der Waals surface area contributed by atoms with Crippen LogP contribution in [0, 0.1) is 0 Å². The van der Waals surface area contributed by atoms with Crippen LogP contribution in [0.5, 0.6) is 0 Å². The molecule has 3 rings (SSSR count). The first-order valence-electron chi connectivity index (χ1n) is 5.35. The third-order valence-electron chi connectivity index (χ3n) is 2.63. The zero-order chi connectivity index (χ0) is 11.0. The smallest absolute Gasteiger partial charge is 0.240 e. The fourth-order valence-electron chi connectivity index (χ4n) is 1.52. The molecular weight excluding hydrogens is 206 g/mol. The summed E-state index contributed by atoms with van der Waals surface area (Å²) >= 11 is 0. The van der Waals surface area contributed by atoms with Gasteiger partial charge >= 0.3 is 0 Å². The summed E-state index contributed by atoms with van der Waals surface area (Å²) in [6.07, 6.45) is 5.95. The molecule has 6 nitrogen and oxygen atoms in total. The van der Waals surface area contributed by atoms with Crippen LogP contribution in [0.2, 0.25) is 0 Å². The third-order valence-corrected chi connectivity index (χ3v) is 2.63. The largest absolute Gasteiger partial charge is 0.337 e. The minimum atomic E-state index is 0.590. The van der Waals surface area contributed by atoms with Gasteiger partial charge in [0.05, 0.1) is 19.1 Å². The highest BCUT2D eigenvalue weighted by atomic mass is 16.5. The lowest BCUT2D eigenvalue weighted by molar-refractivity contribution is 0.367. The molecule has 16 heavy (non-hydrogen) atoms. The number of hydrogen-bond acceptors (Lipinski definition) is 5. The predicted octanol–water partition coefficient (Wildman–Crippen LogP) is 0.722. The van der Waals surface area contributed by atoms with Gasteiger partial charge in [0, 0.05) is 13.1 Å². The zero-order valence-electron chi connectivity index (χ0n) is 9.05. The van der Waals surface area contributed by atoms with Gasteiger partial charge in [-0.3, -0.25) is 0 Å². The maximum Gasteiger partial charge on any atom is 0.240 e. The van der Waals surface area contributed by atoms with Crippen molar-refractivity contribution in [2.24, 2.45) is 7.05 Å². The second-order valence-corrected chi connectivity index (χ2v) is 4.06. The zero-order valence-corrected chi connectivity index (χ0v) is 9.05. The van der Waals surface area contributed by atoms with Crippen LogP contribution in [-0.2, 0) is 13.6 Å². The standard InChI is InChI=1S/C10H13N5O/c1-15-6-11-4-8(15)10-13-9(16-14-10)5-12-7-2-3-7/h4,6-7,12H,2-3,5H2,1H3. The summed E-state index contributed by atoms with van der Waals surface area (Å²) in [6.45, 7) is 0.648. The van der Waals surface area contributed by atoms with Crippen LogP contribution in [0.25, 0.3) is 11.5 Å². The van der Waals surface area contributed by atoms with Crippen molar-refractivity contribution in [3.63, 3.8) is 0 Å². The normalized spacial score (nSPS) is 15.6. The van der Waals surface area contributed by atoms with Gasteiger partial charge in [-0.25, -0.2) is 4.98 Å². The summed E-state index contributed by atoms with van der Waals surface area (Å²) in [5.74, 6) is 1.22. The molecule has 2 aromatic heterocycles. The van der Waals surface area contributed by atoms with Gasteiger partial charge in [-0.15, -0.1) is 0 Å². The van der Waals surface area contributed by atoms with Crippen LogP contribution < -0.4 is 5.32 Å². The van der Waals surface area contributed by atoms with Gasteiger partial charge < -0.3 is 14.4 Å². The molecule has 1 aliphatic rings. The minimum absolute atomic E-state index is 0.590. The second-order valence-electron chi connectivity index (χ2n) is 4.06. The van der Waals surface area contributed by atoms with Crippen LogP contribution in [0.4, 0.5) is 0 Å². The van der Waals surface area contributed by atoms with Gasteiger partial charge in [0.1, 0.15) is 5.69 Å². The molecule has 0 saturated heterocycles. The fourth-order valence-corrected chi connectivity index (χ4v) is 1.52. The van der Waals surface area contributed by atoms with Crippen LogP contribution in [0.3, 0.4) is 0 Å². The highest BCUT2D eigenvalue weighted by Crippen LogP contribution is 2.19. The Bertz CT molecular complexity index is 485. The second kappa shape index (κ2) is 3.71. The van der Waals surface area contributed by atoms with Gasteiger partial charge in [-0.2, -0.15) is 4.98 Å². The molecule has 1 aliphatic carbocycles. The van der Waals surface area contributed by atoms with E-state index < -0.39 is 0 Å². The van der Waals surface area contributed by atoms with Crippen molar-refractivity contribution in [1.82, 2.24) is 25.0 Å². The van der Waals surface area contributed by atoms with Gasteiger partial charge in [-0.1, -0.05) is 5.16 Å². The summed E-state index contributed by atoms with van der Waals surface area (Å²) in [5.41, 5.74) is 0.862. The summed E-state index contributed by atoms with van der Waals surface area (Å²) in [5, 5.41) is 7.26. The molecule has 0 atom stereocenters. The number of aromatic nitrogens is 4. The molecule has 1 saturated carbocycles. The average Bonchev–Trinajstić information content (AvgIpc) is 2.82. The van der Waals surface area contributed by atoms with E-state index in [1.165, 1.54) is 12.8 Å². The Morgan fingerprint density at radius 1 is 1.56 bits per heavy atom. The highest BCUT2D eigenvalue weighted by molar-refractivity contribution is 5.46. The van der Waals surface area contributed by atoms with Crippen LogP contribution >= 0.6 is 0 Å². The van der Waals surface area contributed by atoms with E-state index in [2.05, 4.69) is 20.4 Å². The van der Waals surface area contributed by atoms with Crippen molar-refractivity contribution in [2.45, 2.75) is 25.4 Å². The molecule has 1 N–H and O–H groups in total. The SMILES string of the molecule is Cn1cncc1-c1noc(CNC2CC2)n1. The summed E-state index contributed by atoms with van der Waals surface area (Å²) < 4.78 is 7.02. The topological polar surface area (TPSA) is 68.8 Å². The summed E-state index contributed by atoms with van der Waals surface area (Å²) in [7, 11) is 1.90. The van der Waals surface area contributed by atoms with Gasteiger partial charge in [0.15, 0.2) is 0 Å². The van der Waals surface area contributed by atoms with E-state index in [9.17, 15) is 0 Å². The van der Waals surface area contributed by atoms with Gasteiger partial charge in [-0.05, 0) is 12.8 Å². The minimum Gasteiger partial charge on any atom is -0.337 e. The summed E-state index contributed by atoms with van der Waals surface area (Å²) in [4.78, 5) is 8.33. The van der Waals surface area contributed by atoms with Crippen molar-refractivity contribution in [3.05, 3.63) is 18.4 Å². The Kier molecular flexibility index (Phi) is 2.21. The van der Waals surface area contributed by atoms with E-state index in [0.29, 0.717) is 24.3 Å². The number of imidazole rings is 1. The monoisotopic (exact) mass is 219 g/mol. The van der Waals surface area contributed by atoms with Crippen LogP contribution in [0.1, 0.15) is 18.7 Å². The molecule has 2 heterocycles. The molecule has 0 amide bonds. The Balaban J connectivity index is 1.74. The van der Waals surface area contributed by atoms with Gasteiger partial charge in [0.25, 0.3) is 0 Å². The van der Waals surface area contributed by atoms with E-state index in [-0.39, 0.29) is 0 Å². The van der Waals surface area contributed by atoms with Crippen molar-refractivity contribution in [2.75, 3.05) is 0 Å². The summed E-state index contributed by atoms with van der Waals surface area (Å²) in [6, 6.07) is 0.645. The molecule has 0 spiro atoms. The Hall–Kier alpha value is -1.69. The molecular formula is C10H13N5O. The van der Waals surface area contributed by atoms with E-state index in [4.69, 9.17) is 4.52 Å². The third kappa shape index (κ3) is 1.83. The lowest BCUT2D eigenvalue weighted by Crippen LogP contribution is -2.15. The van der Waals surface area contributed by atoms with Crippen LogP contribution in [0.15, 0.2) is 17.0 Å². The highest BCUT2D eigenvalue weighted by Gasteiger charge is 2.21. The quantitative estimate of drug-likeness (QED) is 0.820. The molecule has 0 bridgehead atoms. The number of hydrogen-bond donors (Lipinski definition) is 1. The van der Waals surface area contributed by atoms with E-state index in [1.807, 2.05) is 11.6 Å². The van der Waals surface area contributed by atoms with Gasteiger partial charge in [0.2, 0.25) is 11.7 Å².